The third kappa shape index (κ3) is 7.09. The molecular formula is C16H24FIN4. The summed E-state index contributed by atoms with van der Waals surface area (Å²) in [7, 11) is 3.90. The lowest BCUT2D eigenvalue weighted by molar-refractivity contribution is 0.305. The lowest BCUT2D eigenvalue weighted by Gasteiger charge is -2.23. The van der Waals surface area contributed by atoms with Crippen molar-refractivity contribution in [3.05, 3.63) is 35.6 Å². The maximum Gasteiger partial charge on any atom is 0.192 e. The van der Waals surface area contributed by atoms with Gasteiger partial charge in [0.1, 0.15) is 5.82 Å². The molecule has 1 rings (SSSR count). The SMILES string of the molecule is C#CCNC(=NCC(c1cccc(F)c1)N(C)C)NCC.I. The van der Waals surface area contributed by atoms with Crippen LogP contribution in [0.1, 0.15) is 18.5 Å². The minimum atomic E-state index is -0.235. The summed E-state index contributed by atoms with van der Waals surface area (Å²) in [6, 6.07) is 6.61. The van der Waals surface area contributed by atoms with Crippen LogP contribution in [0.4, 0.5) is 4.39 Å². The normalized spacial score (nSPS) is 12.3. The van der Waals surface area contributed by atoms with E-state index in [2.05, 4.69) is 21.5 Å². The smallest absolute Gasteiger partial charge is 0.192 e. The molecule has 0 aromatic heterocycles. The highest BCUT2D eigenvalue weighted by atomic mass is 127. The Kier molecular flexibility index (Phi) is 10.6. The molecule has 0 fully saturated rings. The van der Waals surface area contributed by atoms with Gasteiger partial charge in [0.25, 0.3) is 0 Å². The Morgan fingerprint density at radius 1 is 1.41 bits per heavy atom. The van der Waals surface area contributed by atoms with Crippen molar-refractivity contribution in [3.63, 3.8) is 0 Å². The summed E-state index contributed by atoms with van der Waals surface area (Å²) in [5.74, 6) is 2.94. The lowest BCUT2D eigenvalue weighted by atomic mass is 10.1. The van der Waals surface area contributed by atoms with Gasteiger partial charge in [0.05, 0.1) is 19.1 Å². The van der Waals surface area contributed by atoms with E-state index in [0.717, 1.165) is 12.1 Å². The molecule has 4 nitrogen and oxygen atoms in total. The van der Waals surface area contributed by atoms with E-state index in [-0.39, 0.29) is 35.8 Å². The van der Waals surface area contributed by atoms with Gasteiger partial charge in [-0.3, -0.25) is 4.99 Å². The molecule has 0 radical (unpaired) electrons. The number of benzene rings is 1. The number of rotatable bonds is 6. The number of likely N-dealkylation sites (N-methyl/N-ethyl adjacent to an activating group) is 1. The van der Waals surface area contributed by atoms with Crippen LogP contribution in [-0.2, 0) is 0 Å². The number of hydrogen-bond acceptors (Lipinski definition) is 2. The van der Waals surface area contributed by atoms with Crippen molar-refractivity contribution in [3.8, 4) is 12.3 Å². The van der Waals surface area contributed by atoms with Gasteiger partial charge in [-0.05, 0) is 38.7 Å². The van der Waals surface area contributed by atoms with E-state index in [1.165, 1.54) is 6.07 Å². The summed E-state index contributed by atoms with van der Waals surface area (Å²) in [5.41, 5.74) is 0.900. The first-order valence-electron chi connectivity index (χ1n) is 6.96. The Morgan fingerprint density at radius 2 is 2.14 bits per heavy atom. The Balaban J connectivity index is 0.00000441. The second-order valence-corrected chi connectivity index (χ2v) is 4.81. The molecule has 0 amide bonds. The standard InChI is InChI=1S/C16H23FN4.HI/c1-5-10-19-16(18-6-2)20-12-15(21(3)4)13-8-7-9-14(17)11-13;/h1,7-9,11,15H,6,10,12H2,2-4H3,(H2,18,19,20);1H. The van der Waals surface area contributed by atoms with E-state index in [4.69, 9.17) is 6.42 Å². The Labute approximate surface area is 149 Å². The maximum absolute atomic E-state index is 13.4. The molecule has 1 unspecified atom stereocenters. The minimum Gasteiger partial charge on any atom is -0.357 e. The molecular weight excluding hydrogens is 394 g/mol. The second kappa shape index (κ2) is 11.3. The van der Waals surface area contributed by atoms with Crippen LogP contribution in [0.25, 0.3) is 0 Å². The zero-order valence-corrected chi connectivity index (χ0v) is 15.6. The molecule has 0 aliphatic rings. The zero-order chi connectivity index (χ0) is 15.7. The third-order valence-corrected chi connectivity index (χ3v) is 2.98. The van der Waals surface area contributed by atoms with Crippen LogP contribution in [0.3, 0.4) is 0 Å². The largest absolute Gasteiger partial charge is 0.357 e. The second-order valence-electron chi connectivity index (χ2n) is 4.81. The fraction of sp³-hybridized carbons (Fsp3) is 0.438. The molecule has 2 N–H and O–H groups in total. The van der Waals surface area contributed by atoms with Gasteiger partial charge in [-0.25, -0.2) is 4.39 Å². The Morgan fingerprint density at radius 3 is 2.68 bits per heavy atom. The van der Waals surface area contributed by atoms with Gasteiger partial charge >= 0.3 is 0 Å². The average molecular weight is 418 g/mol. The van der Waals surface area contributed by atoms with Crippen molar-refractivity contribution in [1.82, 2.24) is 15.5 Å². The number of terminal acetylenes is 1. The molecule has 6 heteroatoms. The highest BCUT2D eigenvalue weighted by Gasteiger charge is 2.14. The molecule has 0 spiro atoms. The Hall–Kier alpha value is -1.33. The summed E-state index contributed by atoms with van der Waals surface area (Å²) in [4.78, 5) is 6.53. The summed E-state index contributed by atoms with van der Waals surface area (Å²) < 4.78 is 13.4. The number of nitrogens with one attached hydrogen (secondary N) is 2. The monoisotopic (exact) mass is 418 g/mol. The van der Waals surface area contributed by atoms with Gasteiger partial charge in [0.2, 0.25) is 0 Å². The van der Waals surface area contributed by atoms with Crippen LogP contribution in [0.2, 0.25) is 0 Å². The average Bonchev–Trinajstić information content (AvgIpc) is 2.44. The molecule has 0 bridgehead atoms. The summed E-state index contributed by atoms with van der Waals surface area (Å²) in [6.45, 7) is 3.67. The van der Waals surface area contributed by atoms with Crippen LogP contribution in [-0.4, -0.2) is 44.6 Å². The topological polar surface area (TPSA) is 39.7 Å². The van der Waals surface area contributed by atoms with Gasteiger partial charge in [-0.1, -0.05) is 18.1 Å². The molecule has 122 valence electrons. The van der Waals surface area contributed by atoms with Crippen LogP contribution >= 0.6 is 24.0 Å². The highest BCUT2D eigenvalue weighted by molar-refractivity contribution is 14.0. The quantitative estimate of drug-likeness (QED) is 0.322. The summed E-state index contributed by atoms with van der Waals surface area (Å²) in [5, 5.41) is 6.16. The zero-order valence-electron chi connectivity index (χ0n) is 13.3. The van der Waals surface area contributed by atoms with Crippen molar-refractivity contribution in [2.45, 2.75) is 13.0 Å². The first-order chi connectivity index (χ1) is 10.1. The van der Waals surface area contributed by atoms with E-state index in [9.17, 15) is 4.39 Å². The van der Waals surface area contributed by atoms with E-state index in [1.807, 2.05) is 32.0 Å². The van der Waals surface area contributed by atoms with Crippen LogP contribution < -0.4 is 10.6 Å². The molecule has 0 aliphatic carbocycles. The predicted octanol–water partition coefficient (Wildman–Crippen LogP) is 2.23. The summed E-state index contributed by atoms with van der Waals surface area (Å²) >= 11 is 0. The molecule has 0 heterocycles. The third-order valence-electron chi connectivity index (χ3n) is 2.98. The van der Waals surface area contributed by atoms with E-state index < -0.39 is 0 Å². The first-order valence-corrected chi connectivity index (χ1v) is 6.96. The summed E-state index contributed by atoms with van der Waals surface area (Å²) in [6.07, 6.45) is 5.24. The van der Waals surface area contributed by atoms with Crippen molar-refractivity contribution >= 4 is 29.9 Å². The van der Waals surface area contributed by atoms with Gasteiger partial charge in [-0.15, -0.1) is 30.4 Å². The molecule has 1 aromatic carbocycles. The van der Waals surface area contributed by atoms with E-state index in [1.54, 1.807) is 12.1 Å². The van der Waals surface area contributed by atoms with Gasteiger partial charge in [-0.2, -0.15) is 0 Å². The van der Waals surface area contributed by atoms with Crippen molar-refractivity contribution in [1.29, 1.82) is 0 Å². The van der Waals surface area contributed by atoms with Gasteiger partial charge in [0.15, 0.2) is 5.96 Å². The van der Waals surface area contributed by atoms with Crippen LogP contribution in [0.15, 0.2) is 29.3 Å². The van der Waals surface area contributed by atoms with Crippen LogP contribution in [0, 0.1) is 18.2 Å². The van der Waals surface area contributed by atoms with Gasteiger partial charge in [0, 0.05) is 6.54 Å². The minimum absolute atomic E-state index is 0. The highest BCUT2D eigenvalue weighted by Crippen LogP contribution is 2.19. The maximum atomic E-state index is 13.4. The fourth-order valence-corrected chi connectivity index (χ4v) is 1.93. The number of nitrogens with zero attached hydrogens (tertiary/aromatic N) is 2. The molecule has 1 atom stereocenters. The predicted molar refractivity (Wildman–Crippen MR) is 101 cm³/mol. The Bertz CT molecular complexity index is 511. The number of hydrogen-bond donors (Lipinski definition) is 2. The van der Waals surface area contributed by atoms with E-state index >= 15 is 0 Å². The van der Waals surface area contributed by atoms with E-state index in [0.29, 0.717) is 19.0 Å². The number of halogens is 2. The number of guanidine groups is 1. The van der Waals surface area contributed by atoms with Gasteiger partial charge < -0.3 is 15.5 Å². The van der Waals surface area contributed by atoms with Crippen molar-refractivity contribution in [2.75, 3.05) is 33.7 Å². The molecule has 0 saturated heterocycles. The molecule has 0 saturated carbocycles. The van der Waals surface area contributed by atoms with Crippen LogP contribution in [0.5, 0.6) is 0 Å². The molecule has 0 aliphatic heterocycles. The molecule has 1 aromatic rings. The van der Waals surface area contributed by atoms with Crippen molar-refractivity contribution < 1.29 is 4.39 Å². The number of aliphatic imine (C=N–C) groups is 1. The fourth-order valence-electron chi connectivity index (χ4n) is 1.93. The lowest BCUT2D eigenvalue weighted by Crippen LogP contribution is -2.38. The van der Waals surface area contributed by atoms with Crippen molar-refractivity contribution in [2.24, 2.45) is 4.99 Å². The first kappa shape index (κ1) is 20.7. The molecule has 22 heavy (non-hydrogen) atoms.